The molecular formula is C18H15ClN2O3. The number of fused-ring (bicyclic) bond motifs is 1. The van der Waals surface area contributed by atoms with E-state index < -0.39 is 5.91 Å². The summed E-state index contributed by atoms with van der Waals surface area (Å²) >= 11 is 5.94. The standard InChI is InChI=1S/C18H15ClN2O3/c1-11-6-7-13-12(10-24-16(13)8-11)9-17(22)20-21-18(23)14-4-2-3-5-15(14)19/h2-8,10H,9H2,1H3,(H,20,22)(H,21,23). The Bertz CT molecular complexity index is 918. The largest absolute Gasteiger partial charge is 0.464 e. The molecule has 2 aromatic carbocycles. The zero-order valence-corrected chi connectivity index (χ0v) is 13.7. The smallest absolute Gasteiger partial charge is 0.271 e. The van der Waals surface area contributed by atoms with Crippen molar-refractivity contribution >= 4 is 34.4 Å². The first-order valence-electron chi connectivity index (χ1n) is 7.35. The van der Waals surface area contributed by atoms with Gasteiger partial charge >= 0.3 is 0 Å². The fraction of sp³-hybridized carbons (Fsp3) is 0.111. The Morgan fingerprint density at radius 2 is 1.92 bits per heavy atom. The fourth-order valence-corrected chi connectivity index (χ4v) is 2.61. The normalized spacial score (nSPS) is 10.6. The SMILES string of the molecule is Cc1ccc2c(CC(=O)NNC(=O)c3ccccc3Cl)coc2c1. The van der Waals surface area contributed by atoms with Crippen LogP contribution >= 0.6 is 11.6 Å². The Labute approximate surface area is 143 Å². The average Bonchev–Trinajstić information content (AvgIpc) is 2.95. The van der Waals surface area contributed by atoms with E-state index in [1.807, 2.05) is 25.1 Å². The van der Waals surface area contributed by atoms with E-state index in [-0.39, 0.29) is 12.3 Å². The predicted octanol–water partition coefficient (Wildman–Crippen LogP) is 3.40. The minimum absolute atomic E-state index is 0.0961. The highest BCUT2D eigenvalue weighted by Crippen LogP contribution is 2.22. The minimum atomic E-state index is -0.471. The Morgan fingerprint density at radius 1 is 1.12 bits per heavy atom. The zero-order valence-electron chi connectivity index (χ0n) is 12.9. The van der Waals surface area contributed by atoms with E-state index in [1.165, 1.54) is 0 Å². The van der Waals surface area contributed by atoms with Crippen molar-refractivity contribution in [1.82, 2.24) is 10.9 Å². The molecule has 0 unspecified atom stereocenters. The van der Waals surface area contributed by atoms with Gasteiger partial charge in [-0.25, -0.2) is 0 Å². The van der Waals surface area contributed by atoms with E-state index in [2.05, 4.69) is 10.9 Å². The molecule has 3 rings (SSSR count). The van der Waals surface area contributed by atoms with Crippen LogP contribution in [0.3, 0.4) is 0 Å². The van der Waals surface area contributed by atoms with Gasteiger partial charge in [0.1, 0.15) is 5.58 Å². The second kappa shape index (κ2) is 6.76. The number of amides is 2. The van der Waals surface area contributed by atoms with Crippen LogP contribution in [0.2, 0.25) is 5.02 Å². The molecule has 0 aliphatic heterocycles. The maximum atomic E-state index is 12.0. The maximum Gasteiger partial charge on any atom is 0.271 e. The monoisotopic (exact) mass is 342 g/mol. The van der Waals surface area contributed by atoms with Crippen LogP contribution in [0.4, 0.5) is 0 Å². The van der Waals surface area contributed by atoms with Gasteiger partial charge in [0.25, 0.3) is 5.91 Å². The Hall–Kier alpha value is -2.79. The van der Waals surface area contributed by atoms with Crippen molar-refractivity contribution in [3.63, 3.8) is 0 Å². The van der Waals surface area contributed by atoms with Gasteiger partial charge in [-0.3, -0.25) is 20.4 Å². The summed E-state index contributed by atoms with van der Waals surface area (Å²) in [6.07, 6.45) is 1.65. The van der Waals surface area contributed by atoms with Crippen LogP contribution in [0.5, 0.6) is 0 Å². The molecule has 0 saturated carbocycles. The van der Waals surface area contributed by atoms with Crippen molar-refractivity contribution < 1.29 is 14.0 Å². The summed E-state index contributed by atoms with van der Waals surface area (Å²) < 4.78 is 5.46. The topological polar surface area (TPSA) is 71.3 Å². The van der Waals surface area contributed by atoms with Crippen LogP contribution in [0.1, 0.15) is 21.5 Å². The third-order valence-electron chi connectivity index (χ3n) is 3.60. The Balaban J connectivity index is 1.63. The molecule has 122 valence electrons. The van der Waals surface area contributed by atoms with Crippen LogP contribution in [0, 0.1) is 6.92 Å². The third kappa shape index (κ3) is 3.41. The molecule has 1 heterocycles. The first-order chi connectivity index (χ1) is 11.5. The summed E-state index contributed by atoms with van der Waals surface area (Å²) in [6.45, 7) is 1.97. The van der Waals surface area contributed by atoms with E-state index in [1.54, 1.807) is 30.5 Å². The lowest BCUT2D eigenvalue weighted by Gasteiger charge is -2.08. The summed E-state index contributed by atoms with van der Waals surface area (Å²) in [5, 5.41) is 1.20. The summed E-state index contributed by atoms with van der Waals surface area (Å²) in [4.78, 5) is 24.0. The number of nitrogens with one attached hydrogen (secondary N) is 2. The lowest BCUT2D eigenvalue weighted by molar-refractivity contribution is -0.121. The van der Waals surface area contributed by atoms with Gasteiger partial charge in [-0.2, -0.15) is 0 Å². The molecule has 1 aromatic heterocycles. The van der Waals surface area contributed by atoms with Gasteiger partial charge in [-0.15, -0.1) is 0 Å². The van der Waals surface area contributed by atoms with Crippen molar-refractivity contribution in [3.8, 4) is 0 Å². The number of hydrogen-bond acceptors (Lipinski definition) is 3. The molecule has 0 aliphatic rings. The number of hydrogen-bond donors (Lipinski definition) is 2. The molecule has 0 radical (unpaired) electrons. The van der Waals surface area contributed by atoms with Crippen LogP contribution in [0.15, 0.2) is 53.1 Å². The van der Waals surface area contributed by atoms with Gasteiger partial charge in [0, 0.05) is 10.9 Å². The Kier molecular flexibility index (Phi) is 4.53. The molecule has 24 heavy (non-hydrogen) atoms. The van der Waals surface area contributed by atoms with Crippen molar-refractivity contribution in [2.24, 2.45) is 0 Å². The molecule has 6 heteroatoms. The van der Waals surface area contributed by atoms with Crippen LogP contribution in [-0.4, -0.2) is 11.8 Å². The maximum absolute atomic E-state index is 12.0. The lowest BCUT2D eigenvalue weighted by Crippen LogP contribution is -2.42. The second-order valence-electron chi connectivity index (χ2n) is 5.42. The molecule has 3 aromatic rings. The molecule has 0 spiro atoms. The number of halogens is 1. The third-order valence-corrected chi connectivity index (χ3v) is 3.93. The fourth-order valence-electron chi connectivity index (χ4n) is 2.38. The zero-order chi connectivity index (χ0) is 17.1. The highest BCUT2D eigenvalue weighted by atomic mass is 35.5. The average molecular weight is 343 g/mol. The molecule has 2 N–H and O–H groups in total. The van der Waals surface area contributed by atoms with Gasteiger partial charge in [-0.05, 0) is 30.7 Å². The van der Waals surface area contributed by atoms with Gasteiger partial charge in [-0.1, -0.05) is 35.9 Å². The number of carbonyl (C=O) groups excluding carboxylic acids is 2. The Morgan fingerprint density at radius 3 is 2.71 bits per heavy atom. The number of aryl methyl sites for hydroxylation is 1. The van der Waals surface area contributed by atoms with Crippen LogP contribution in [0.25, 0.3) is 11.0 Å². The molecule has 0 atom stereocenters. The quantitative estimate of drug-likeness (QED) is 0.717. The number of hydrazine groups is 1. The van der Waals surface area contributed by atoms with Gasteiger partial charge in [0.2, 0.25) is 5.91 Å². The van der Waals surface area contributed by atoms with Crippen molar-refractivity contribution in [1.29, 1.82) is 0 Å². The first kappa shape index (κ1) is 16.1. The number of furan rings is 1. The highest BCUT2D eigenvalue weighted by molar-refractivity contribution is 6.33. The molecule has 0 saturated heterocycles. The van der Waals surface area contributed by atoms with E-state index in [0.717, 1.165) is 22.1 Å². The van der Waals surface area contributed by atoms with Gasteiger partial charge in [0.05, 0.1) is 23.3 Å². The first-order valence-corrected chi connectivity index (χ1v) is 7.73. The van der Waals surface area contributed by atoms with Gasteiger partial charge < -0.3 is 4.42 Å². The van der Waals surface area contributed by atoms with E-state index in [0.29, 0.717) is 10.6 Å². The molecule has 2 amide bonds. The van der Waals surface area contributed by atoms with Crippen molar-refractivity contribution in [3.05, 3.63) is 70.4 Å². The highest BCUT2D eigenvalue weighted by Gasteiger charge is 2.13. The summed E-state index contributed by atoms with van der Waals surface area (Å²) in [5.41, 5.74) is 7.61. The summed E-state index contributed by atoms with van der Waals surface area (Å²) in [7, 11) is 0. The number of carbonyl (C=O) groups is 2. The predicted molar refractivity (Wildman–Crippen MR) is 91.7 cm³/mol. The number of rotatable bonds is 3. The molecule has 0 bridgehead atoms. The van der Waals surface area contributed by atoms with E-state index >= 15 is 0 Å². The van der Waals surface area contributed by atoms with Crippen molar-refractivity contribution in [2.45, 2.75) is 13.3 Å². The van der Waals surface area contributed by atoms with Crippen LogP contribution < -0.4 is 10.9 Å². The number of benzene rings is 2. The molecule has 5 nitrogen and oxygen atoms in total. The minimum Gasteiger partial charge on any atom is -0.464 e. The molecule has 0 aliphatic carbocycles. The van der Waals surface area contributed by atoms with Crippen LogP contribution in [-0.2, 0) is 11.2 Å². The van der Waals surface area contributed by atoms with E-state index in [9.17, 15) is 9.59 Å². The van der Waals surface area contributed by atoms with Crippen molar-refractivity contribution in [2.75, 3.05) is 0 Å². The molecular weight excluding hydrogens is 328 g/mol. The van der Waals surface area contributed by atoms with Gasteiger partial charge in [0.15, 0.2) is 0 Å². The summed E-state index contributed by atoms with van der Waals surface area (Å²) in [5.74, 6) is -0.819. The second-order valence-corrected chi connectivity index (χ2v) is 5.83. The van der Waals surface area contributed by atoms with E-state index in [4.69, 9.17) is 16.0 Å². The lowest BCUT2D eigenvalue weighted by atomic mass is 10.1. The summed E-state index contributed by atoms with van der Waals surface area (Å²) in [6, 6.07) is 12.4. The molecule has 0 fully saturated rings.